The molecule has 144 valence electrons. The van der Waals surface area contributed by atoms with Gasteiger partial charge >= 0.3 is 0 Å². The summed E-state index contributed by atoms with van der Waals surface area (Å²) in [5.41, 5.74) is 4.33. The largest absolute Gasteiger partial charge is 0.497 e. The Morgan fingerprint density at radius 3 is 2.82 bits per heavy atom. The van der Waals surface area contributed by atoms with Crippen LogP contribution in [0.3, 0.4) is 0 Å². The molecule has 0 aliphatic carbocycles. The van der Waals surface area contributed by atoms with Gasteiger partial charge in [0.1, 0.15) is 11.8 Å². The van der Waals surface area contributed by atoms with Gasteiger partial charge in [-0.15, -0.1) is 0 Å². The highest BCUT2D eigenvalue weighted by atomic mass is 16.5. The first-order valence-corrected chi connectivity index (χ1v) is 9.39. The normalized spacial score (nSPS) is 16.6. The number of methoxy groups -OCH3 is 1. The van der Waals surface area contributed by atoms with Crippen LogP contribution in [-0.4, -0.2) is 28.1 Å². The number of hydrogen-bond acceptors (Lipinski definition) is 5. The number of benzene rings is 2. The van der Waals surface area contributed by atoms with Gasteiger partial charge in [0.2, 0.25) is 17.6 Å². The van der Waals surface area contributed by atoms with Crippen molar-refractivity contribution >= 4 is 5.91 Å². The summed E-state index contributed by atoms with van der Waals surface area (Å²) in [5.74, 6) is 1.91. The van der Waals surface area contributed by atoms with Crippen LogP contribution in [-0.2, 0) is 11.3 Å². The number of aryl methyl sites for hydroxylation is 2. The van der Waals surface area contributed by atoms with Crippen molar-refractivity contribution in [3.05, 3.63) is 65.0 Å². The molecule has 1 saturated heterocycles. The molecule has 1 aliphatic rings. The highest BCUT2D eigenvalue weighted by Gasteiger charge is 2.36. The monoisotopic (exact) mass is 377 g/mol. The summed E-state index contributed by atoms with van der Waals surface area (Å²) >= 11 is 0. The van der Waals surface area contributed by atoms with Gasteiger partial charge in [-0.1, -0.05) is 29.4 Å². The van der Waals surface area contributed by atoms with Gasteiger partial charge in [-0.2, -0.15) is 4.98 Å². The Morgan fingerprint density at radius 1 is 1.18 bits per heavy atom. The van der Waals surface area contributed by atoms with Crippen molar-refractivity contribution in [3.63, 3.8) is 0 Å². The molecule has 0 spiro atoms. The Kier molecular flexibility index (Phi) is 4.86. The Hall–Kier alpha value is -3.15. The molecule has 4 rings (SSSR count). The van der Waals surface area contributed by atoms with Gasteiger partial charge in [0, 0.05) is 18.5 Å². The van der Waals surface area contributed by atoms with E-state index in [4.69, 9.17) is 9.26 Å². The van der Waals surface area contributed by atoms with Crippen molar-refractivity contribution < 1.29 is 14.1 Å². The molecule has 2 heterocycles. The number of carbonyl (C=O) groups is 1. The first-order valence-electron chi connectivity index (χ1n) is 9.39. The standard InChI is InChI=1S/C22H23N3O3/c1-14-7-8-17(11-15(14)2)21-23-22(28-24-21)19-9-10-20(26)25(19)13-16-5-4-6-18(12-16)27-3/h4-8,11-12,19H,9-10,13H2,1-3H3. The average Bonchev–Trinajstić information content (AvgIpc) is 3.32. The Labute approximate surface area is 164 Å². The van der Waals surface area contributed by atoms with Gasteiger partial charge in [0.25, 0.3) is 0 Å². The zero-order valence-electron chi connectivity index (χ0n) is 16.3. The summed E-state index contributed by atoms with van der Waals surface area (Å²) in [5, 5.41) is 4.15. The summed E-state index contributed by atoms with van der Waals surface area (Å²) in [7, 11) is 1.63. The molecule has 0 radical (unpaired) electrons. The van der Waals surface area contributed by atoms with Gasteiger partial charge in [-0.25, -0.2) is 0 Å². The first kappa shape index (κ1) is 18.2. The number of rotatable bonds is 5. The third-order valence-electron chi connectivity index (χ3n) is 5.31. The minimum absolute atomic E-state index is 0.0961. The zero-order valence-corrected chi connectivity index (χ0v) is 16.3. The first-order chi connectivity index (χ1) is 13.5. The van der Waals surface area contributed by atoms with E-state index in [0.29, 0.717) is 31.1 Å². The third-order valence-corrected chi connectivity index (χ3v) is 5.31. The lowest BCUT2D eigenvalue weighted by Gasteiger charge is -2.22. The second-order valence-corrected chi connectivity index (χ2v) is 7.18. The number of ether oxygens (including phenoxy) is 1. The number of aromatic nitrogens is 2. The van der Waals surface area contributed by atoms with E-state index in [-0.39, 0.29) is 11.9 Å². The predicted molar refractivity (Wildman–Crippen MR) is 105 cm³/mol. The van der Waals surface area contributed by atoms with Crippen molar-refractivity contribution in [1.82, 2.24) is 15.0 Å². The van der Waals surface area contributed by atoms with E-state index in [9.17, 15) is 4.79 Å². The highest BCUT2D eigenvalue weighted by Crippen LogP contribution is 2.34. The lowest BCUT2D eigenvalue weighted by atomic mass is 10.1. The minimum Gasteiger partial charge on any atom is -0.497 e. The molecule has 1 amide bonds. The molecule has 0 bridgehead atoms. The van der Waals surface area contributed by atoms with Crippen molar-refractivity contribution in [2.75, 3.05) is 7.11 Å². The smallest absolute Gasteiger partial charge is 0.249 e. The maximum Gasteiger partial charge on any atom is 0.249 e. The maximum absolute atomic E-state index is 12.5. The number of hydrogen-bond donors (Lipinski definition) is 0. The fraction of sp³-hybridized carbons (Fsp3) is 0.318. The van der Waals surface area contributed by atoms with Gasteiger partial charge in [-0.3, -0.25) is 4.79 Å². The number of amides is 1. The molecule has 1 unspecified atom stereocenters. The van der Waals surface area contributed by atoms with Crippen LogP contribution in [0, 0.1) is 13.8 Å². The quantitative estimate of drug-likeness (QED) is 0.666. The second kappa shape index (κ2) is 7.46. The van der Waals surface area contributed by atoms with E-state index in [2.05, 4.69) is 36.1 Å². The Bertz CT molecular complexity index is 1010. The van der Waals surface area contributed by atoms with Gasteiger partial charge in [0.15, 0.2) is 0 Å². The van der Waals surface area contributed by atoms with Crippen LogP contribution >= 0.6 is 0 Å². The van der Waals surface area contributed by atoms with Crippen molar-refractivity contribution in [1.29, 1.82) is 0 Å². The fourth-order valence-corrected chi connectivity index (χ4v) is 3.52. The maximum atomic E-state index is 12.5. The average molecular weight is 377 g/mol. The molecule has 0 saturated carbocycles. The fourth-order valence-electron chi connectivity index (χ4n) is 3.52. The van der Waals surface area contributed by atoms with Crippen LogP contribution in [0.4, 0.5) is 0 Å². The lowest BCUT2D eigenvalue weighted by molar-refractivity contribution is -0.130. The van der Waals surface area contributed by atoms with Crippen LogP contribution < -0.4 is 4.74 Å². The molecule has 3 aromatic rings. The van der Waals surface area contributed by atoms with Crippen molar-refractivity contribution in [2.45, 2.75) is 39.3 Å². The molecule has 1 fully saturated rings. The second-order valence-electron chi connectivity index (χ2n) is 7.18. The van der Waals surface area contributed by atoms with Crippen molar-refractivity contribution in [3.8, 4) is 17.1 Å². The molecular weight excluding hydrogens is 354 g/mol. The molecule has 28 heavy (non-hydrogen) atoms. The predicted octanol–water partition coefficient (Wildman–Crippen LogP) is 4.23. The van der Waals surface area contributed by atoms with E-state index in [1.54, 1.807) is 7.11 Å². The molecule has 6 nitrogen and oxygen atoms in total. The third kappa shape index (κ3) is 3.50. The summed E-state index contributed by atoms with van der Waals surface area (Å²) in [6, 6.07) is 13.6. The number of likely N-dealkylation sites (tertiary alicyclic amines) is 1. The Balaban J connectivity index is 1.58. The highest BCUT2D eigenvalue weighted by molar-refractivity contribution is 5.79. The molecular formula is C22H23N3O3. The van der Waals surface area contributed by atoms with E-state index in [1.165, 1.54) is 11.1 Å². The minimum atomic E-state index is -0.202. The SMILES string of the molecule is COc1cccc(CN2C(=O)CCC2c2nc(-c3ccc(C)c(C)c3)no2)c1. The summed E-state index contributed by atoms with van der Waals surface area (Å²) in [6.45, 7) is 4.62. The molecule has 1 atom stereocenters. The van der Waals surface area contributed by atoms with Crippen LogP contribution in [0.2, 0.25) is 0 Å². The van der Waals surface area contributed by atoms with Crippen LogP contribution in [0.5, 0.6) is 5.75 Å². The topological polar surface area (TPSA) is 68.5 Å². The summed E-state index contributed by atoms with van der Waals surface area (Å²) in [4.78, 5) is 18.9. The number of nitrogens with zero attached hydrogens (tertiary/aromatic N) is 3. The molecule has 1 aromatic heterocycles. The van der Waals surface area contributed by atoms with Crippen LogP contribution in [0.25, 0.3) is 11.4 Å². The Morgan fingerprint density at radius 2 is 2.04 bits per heavy atom. The van der Waals surface area contributed by atoms with E-state index >= 15 is 0 Å². The van der Waals surface area contributed by atoms with Gasteiger partial charge in [-0.05, 0) is 55.2 Å². The molecule has 2 aromatic carbocycles. The van der Waals surface area contributed by atoms with E-state index in [0.717, 1.165) is 16.9 Å². The van der Waals surface area contributed by atoms with Crippen LogP contribution in [0.1, 0.15) is 41.5 Å². The van der Waals surface area contributed by atoms with Gasteiger partial charge in [0.05, 0.1) is 7.11 Å². The summed E-state index contributed by atoms with van der Waals surface area (Å²) in [6.07, 6.45) is 1.16. The van der Waals surface area contributed by atoms with Gasteiger partial charge < -0.3 is 14.2 Å². The molecule has 0 N–H and O–H groups in total. The van der Waals surface area contributed by atoms with Crippen LogP contribution in [0.15, 0.2) is 47.0 Å². The molecule has 6 heteroatoms. The molecule has 1 aliphatic heterocycles. The lowest BCUT2D eigenvalue weighted by Crippen LogP contribution is -2.27. The zero-order chi connectivity index (χ0) is 19.7. The van der Waals surface area contributed by atoms with E-state index < -0.39 is 0 Å². The van der Waals surface area contributed by atoms with Crippen molar-refractivity contribution in [2.24, 2.45) is 0 Å². The summed E-state index contributed by atoms with van der Waals surface area (Å²) < 4.78 is 10.8. The number of carbonyl (C=O) groups excluding carboxylic acids is 1. The van der Waals surface area contributed by atoms with E-state index in [1.807, 2.05) is 35.2 Å².